The zero-order chi connectivity index (χ0) is 12.7. The summed E-state index contributed by atoms with van der Waals surface area (Å²) in [4.78, 5) is 11.0. The van der Waals surface area contributed by atoms with Gasteiger partial charge in [-0.3, -0.25) is 0 Å². The second kappa shape index (κ2) is 14.0. The second-order valence-corrected chi connectivity index (χ2v) is 2.88. The Balaban J connectivity index is 0.000000249. The van der Waals surface area contributed by atoms with E-state index < -0.39 is 0 Å². The maximum atomic E-state index is 3.66. The minimum absolute atomic E-state index is 0. The fraction of sp³-hybridized carbons (Fsp3) is 0. The number of pyridine rings is 3. The van der Waals surface area contributed by atoms with Crippen LogP contribution in [0, 0.1) is 18.6 Å². The van der Waals surface area contributed by atoms with Gasteiger partial charge < -0.3 is 15.0 Å². The van der Waals surface area contributed by atoms with Gasteiger partial charge in [0.25, 0.3) is 0 Å². The van der Waals surface area contributed by atoms with Crippen molar-refractivity contribution < 1.29 is 17.1 Å². The van der Waals surface area contributed by atoms with Crippen LogP contribution in [0.15, 0.2) is 73.2 Å². The first-order valence-corrected chi connectivity index (χ1v) is 5.31. The van der Waals surface area contributed by atoms with Crippen molar-refractivity contribution in [3.63, 3.8) is 0 Å². The summed E-state index contributed by atoms with van der Waals surface area (Å²) in [5.74, 6) is 0. The minimum atomic E-state index is 0. The summed E-state index contributed by atoms with van der Waals surface area (Å²) in [7, 11) is 0. The van der Waals surface area contributed by atoms with Crippen LogP contribution in [0.5, 0.6) is 0 Å². The van der Waals surface area contributed by atoms with Crippen molar-refractivity contribution in [2.24, 2.45) is 0 Å². The molecule has 3 nitrogen and oxygen atoms in total. The standard InChI is InChI=1S/3C5H4N.Cu/c3*1-2-4-6-5-3-1;/h3*1-4H;/q3*-1;. The normalized spacial score (nSPS) is 7.58. The van der Waals surface area contributed by atoms with Gasteiger partial charge in [0.15, 0.2) is 0 Å². The molecule has 4 heteroatoms. The Bertz CT molecular complexity index is 308. The Morgan fingerprint density at radius 2 is 0.789 bits per heavy atom. The van der Waals surface area contributed by atoms with Crippen molar-refractivity contribution in [3.8, 4) is 0 Å². The maximum Gasteiger partial charge on any atom is 0 e. The Labute approximate surface area is 124 Å². The largest absolute Gasteiger partial charge is 0.394 e. The summed E-state index contributed by atoms with van der Waals surface area (Å²) < 4.78 is 0. The maximum absolute atomic E-state index is 3.66. The van der Waals surface area contributed by atoms with Gasteiger partial charge in [-0.1, -0.05) is 37.2 Å². The molecule has 0 atom stereocenters. The van der Waals surface area contributed by atoms with Crippen LogP contribution in [0.4, 0.5) is 0 Å². The molecular formula is C15H12CuN3-3. The monoisotopic (exact) mass is 297 g/mol. The average molecular weight is 298 g/mol. The molecule has 0 unspecified atom stereocenters. The molecule has 3 heterocycles. The van der Waals surface area contributed by atoms with Crippen LogP contribution < -0.4 is 0 Å². The van der Waals surface area contributed by atoms with E-state index in [0.29, 0.717) is 0 Å². The van der Waals surface area contributed by atoms with Crippen LogP contribution in [0.25, 0.3) is 0 Å². The van der Waals surface area contributed by atoms with Crippen molar-refractivity contribution in [3.05, 3.63) is 91.8 Å². The van der Waals surface area contributed by atoms with Crippen LogP contribution >= 0.6 is 0 Å². The number of nitrogens with zero attached hydrogens (tertiary/aromatic N) is 3. The Morgan fingerprint density at radius 3 is 0.842 bits per heavy atom. The van der Waals surface area contributed by atoms with Gasteiger partial charge in [0.1, 0.15) is 0 Å². The van der Waals surface area contributed by atoms with E-state index in [1.54, 1.807) is 36.8 Å². The molecule has 3 aromatic rings. The van der Waals surface area contributed by atoms with E-state index in [4.69, 9.17) is 0 Å². The molecular weight excluding hydrogens is 286 g/mol. The van der Waals surface area contributed by atoms with Gasteiger partial charge >= 0.3 is 0 Å². The summed E-state index contributed by atoms with van der Waals surface area (Å²) in [5, 5.41) is 0. The van der Waals surface area contributed by atoms with Crippen LogP contribution in [0.1, 0.15) is 0 Å². The molecule has 101 valence electrons. The molecule has 0 spiro atoms. The van der Waals surface area contributed by atoms with Crippen molar-refractivity contribution in [1.82, 2.24) is 15.0 Å². The smallest absolute Gasteiger partial charge is 0 e. The molecule has 19 heavy (non-hydrogen) atoms. The number of hydrogen-bond donors (Lipinski definition) is 0. The molecule has 0 N–H and O–H groups in total. The third-order valence-corrected chi connectivity index (χ3v) is 1.55. The molecule has 3 aromatic heterocycles. The molecule has 0 fully saturated rings. The van der Waals surface area contributed by atoms with Gasteiger partial charge in [0, 0.05) is 17.1 Å². The van der Waals surface area contributed by atoms with Gasteiger partial charge in [0.05, 0.1) is 0 Å². The van der Waals surface area contributed by atoms with Gasteiger partial charge in [0.2, 0.25) is 0 Å². The zero-order valence-electron chi connectivity index (χ0n) is 10.1. The Morgan fingerprint density at radius 1 is 0.474 bits per heavy atom. The molecule has 3 rings (SSSR count). The van der Waals surface area contributed by atoms with Crippen LogP contribution in [-0.2, 0) is 17.1 Å². The average Bonchev–Trinajstić information content (AvgIpc) is 2.54. The topological polar surface area (TPSA) is 38.7 Å². The zero-order valence-corrected chi connectivity index (χ0v) is 11.0. The van der Waals surface area contributed by atoms with Crippen molar-refractivity contribution in [2.45, 2.75) is 0 Å². The van der Waals surface area contributed by atoms with E-state index >= 15 is 0 Å². The molecule has 1 radical (unpaired) electrons. The predicted octanol–water partition coefficient (Wildman–Crippen LogP) is 2.64. The second-order valence-electron chi connectivity index (χ2n) is 2.88. The summed E-state index contributed by atoms with van der Waals surface area (Å²) in [6.45, 7) is 0. The van der Waals surface area contributed by atoms with Gasteiger partial charge in [-0.25, -0.2) is 0 Å². The van der Waals surface area contributed by atoms with E-state index in [2.05, 4.69) is 33.5 Å². The molecule has 0 aliphatic carbocycles. The van der Waals surface area contributed by atoms with Gasteiger partial charge in [-0.2, -0.15) is 54.6 Å². The molecule has 0 aromatic carbocycles. The van der Waals surface area contributed by atoms with E-state index in [-0.39, 0.29) is 17.1 Å². The molecule has 0 amide bonds. The first-order valence-electron chi connectivity index (χ1n) is 5.31. The number of rotatable bonds is 0. The molecule has 0 bridgehead atoms. The summed E-state index contributed by atoms with van der Waals surface area (Å²) in [6, 6.07) is 16.5. The fourth-order valence-electron chi connectivity index (χ4n) is 0.832. The first-order chi connectivity index (χ1) is 9.00. The molecule has 0 aliphatic rings. The van der Waals surface area contributed by atoms with Crippen LogP contribution in [0.3, 0.4) is 0 Å². The minimum Gasteiger partial charge on any atom is -0.394 e. The van der Waals surface area contributed by atoms with Crippen molar-refractivity contribution in [2.75, 3.05) is 0 Å². The summed E-state index contributed by atoms with van der Waals surface area (Å²) >= 11 is 0. The van der Waals surface area contributed by atoms with Crippen molar-refractivity contribution >= 4 is 0 Å². The summed E-state index contributed by atoms with van der Waals surface area (Å²) in [6.07, 6.45) is 13.0. The Kier molecular flexibility index (Phi) is 12.5. The van der Waals surface area contributed by atoms with E-state index in [1.807, 2.05) is 36.4 Å². The predicted molar refractivity (Wildman–Crippen MR) is 69.2 cm³/mol. The van der Waals surface area contributed by atoms with Crippen LogP contribution in [0.2, 0.25) is 0 Å². The van der Waals surface area contributed by atoms with E-state index in [1.165, 1.54) is 0 Å². The molecule has 0 aliphatic heterocycles. The third-order valence-electron chi connectivity index (χ3n) is 1.55. The molecule has 0 saturated carbocycles. The number of hydrogen-bond acceptors (Lipinski definition) is 3. The van der Waals surface area contributed by atoms with Gasteiger partial charge in [-0.05, 0) is 0 Å². The fourth-order valence-corrected chi connectivity index (χ4v) is 0.832. The Hall–Kier alpha value is -2.03. The van der Waals surface area contributed by atoms with Crippen LogP contribution in [-0.4, -0.2) is 15.0 Å². The summed E-state index contributed by atoms with van der Waals surface area (Å²) in [5.41, 5.74) is 0. The SMILES string of the molecule is [Cu].[c-]1ccccn1.[c-]1ccccn1.[c-]1ccccn1. The molecule has 0 saturated heterocycles. The van der Waals surface area contributed by atoms with Crippen molar-refractivity contribution in [1.29, 1.82) is 0 Å². The third kappa shape index (κ3) is 12.2. The van der Waals surface area contributed by atoms with E-state index in [9.17, 15) is 0 Å². The van der Waals surface area contributed by atoms with E-state index in [0.717, 1.165) is 0 Å². The van der Waals surface area contributed by atoms with Gasteiger partial charge in [-0.15, -0.1) is 0 Å². The quantitative estimate of drug-likeness (QED) is 0.473. The number of aromatic nitrogens is 3. The first kappa shape index (κ1) is 17.0.